The largest absolute Gasteiger partial charge is 0.481 e. The summed E-state index contributed by atoms with van der Waals surface area (Å²) in [5.41, 5.74) is 4.56. The van der Waals surface area contributed by atoms with Crippen LogP contribution in [0.15, 0.2) is 60.7 Å². The molecule has 0 radical (unpaired) electrons. The second-order valence-corrected chi connectivity index (χ2v) is 9.27. The molecule has 2 aromatic carbocycles. The molecule has 0 saturated carbocycles. The Morgan fingerprint density at radius 1 is 0.971 bits per heavy atom. The normalized spacial score (nSPS) is 24.9. The zero-order valence-corrected chi connectivity index (χ0v) is 19.2. The molecule has 1 saturated heterocycles. The number of hydrogen-bond donors (Lipinski definition) is 3. The number of rotatable bonds is 6. The van der Waals surface area contributed by atoms with Gasteiger partial charge in [0, 0.05) is 12.0 Å². The number of amides is 2. The van der Waals surface area contributed by atoms with Gasteiger partial charge in [0.1, 0.15) is 6.61 Å². The number of alkyl carbamates (subject to hydrolysis) is 1. The summed E-state index contributed by atoms with van der Waals surface area (Å²) in [6, 6.07) is 15.4. The summed E-state index contributed by atoms with van der Waals surface area (Å²) in [6.45, 7) is 0.577. The Morgan fingerprint density at radius 2 is 1.66 bits per heavy atom. The standard InChI is InChI=1S/C27H28N2O6/c30-25(28-17-7-5-6-16(12-17)26(31)32)23-13-34-15-24(23)29-27(33)35-14-22-20-10-3-1-8-18(20)19-9-2-4-11-21(19)22/h1-5,7-11,16-17,22-24H,6,12-15H2,(H,28,30)(H,29,33)(H,31,32)/t16-,17-,23?,24?/m1/s1. The van der Waals surface area contributed by atoms with Crippen molar-refractivity contribution in [2.24, 2.45) is 11.8 Å². The maximum absolute atomic E-state index is 12.9. The van der Waals surface area contributed by atoms with E-state index in [1.807, 2.05) is 30.3 Å². The molecule has 35 heavy (non-hydrogen) atoms. The molecular formula is C27H28N2O6. The van der Waals surface area contributed by atoms with Gasteiger partial charge in [-0.25, -0.2) is 4.79 Å². The van der Waals surface area contributed by atoms with E-state index in [-0.39, 0.29) is 37.7 Å². The maximum atomic E-state index is 12.9. The average Bonchev–Trinajstić information content (AvgIpc) is 3.45. The van der Waals surface area contributed by atoms with Crippen LogP contribution >= 0.6 is 0 Å². The van der Waals surface area contributed by atoms with Crippen molar-refractivity contribution in [1.82, 2.24) is 10.6 Å². The number of ether oxygens (including phenoxy) is 2. The van der Waals surface area contributed by atoms with Crippen LogP contribution in [0.4, 0.5) is 4.79 Å². The smallest absolute Gasteiger partial charge is 0.407 e. The van der Waals surface area contributed by atoms with Gasteiger partial charge in [0.25, 0.3) is 0 Å². The van der Waals surface area contributed by atoms with E-state index in [0.717, 1.165) is 22.3 Å². The van der Waals surface area contributed by atoms with E-state index in [9.17, 15) is 19.5 Å². The lowest BCUT2D eigenvalue weighted by atomic mass is 9.90. The van der Waals surface area contributed by atoms with Crippen LogP contribution in [0.2, 0.25) is 0 Å². The summed E-state index contributed by atoms with van der Waals surface area (Å²) < 4.78 is 11.1. The van der Waals surface area contributed by atoms with Crippen molar-refractivity contribution in [3.63, 3.8) is 0 Å². The third kappa shape index (κ3) is 4.79. The molecular weight excluding hydrogens is 448 g/mol. The fourth-order valence-corrected chi connectivity index (χ4v) is 5.23. The zero-order chi connectivity index (χ0) is 24.4. The number of carboxylic acids is 1. The summed E-state index contributed by atoms with van der Waals surface area (Å²) in [7, 11) is 0. The number of benzene rings is 2. The maximum Gasteiger partial charge on any atom is 0.407 e. The summed E-state index contributed by atoms with van der Waals surface area (Å²) in [5.74, 6) is -2.28. The van der Waals surface area contributed by atoms with Gasteiger partial charge in [-0.3, -0.25) is 9.59 Å². The monoisotopic (exact) mass is 476 g/mol. The number of carbonyl (C=O) groups is 3. The molecule has 0 spiro atoms. The lowest BCUT2D eigenvalue weighted by Gasteiger charge is -2.25. The van der Waals surface area contributed by atoms with Crippen LogP contribution in [0.25, 0.3) is 11.1 Å². The van der Waals surface area contributed by atoms with Gasteiger partial charge in [0.05, 0.1) is 31.1 Å². The molecule has 0 bridgehead atoms. The number of carbonyl (C=O) groups excluding carboxylic acids is 2. The van der Waals surface area contributed by atoms with Crippen molar-refractivity contribution in [2.75, 3.05) is 19.8 Å². The number of allylic oxidation sites excluding steroid dienone is 1. The predicted octanol–water partition coefficient (Wildman–Crippen LogP) is 3.08. The van der Waals surface area contributed by atoms with Gasteiger partial charge in [0.2, 0.25) is 5.91 Å². The van der Waals surface area contributed by atoms with E-state index < -0.39 is 29.9 Å². The summed E-state index contributed by atoms with van der Waals surface area (Å²) >= 11 is 0. The van der Waals surface area contributed by atoms with Gasteiger partial charge in [-0.15, -0.1) is 0 Å². The lowest BCUT2D eigenvalue weighted by molar-refractivity contribution is -0.142. The van der Waals surface area contributed by atoms with Crippen LogP contribution in [-0.2, 0) is 19.1 Å². The molecule has 5 rings (SSSR count). The zero-order valence-electron chi connectivity index (χ0n) is 19.2. The highest BCUT2D eigenvalue weighted by atomic mass is 16.5. The number of fused-ring (bicyclic) bond motifs is 3. The Hall–Kier alpha value is -3.65. The molecule has 3 aliphatic rings. The quantitative estimate of drug-likeness (QED) is 0.552. The Morgan fingerprint density at radius 3 is 2.34 bits per heavy atom. The molecule has 4 atom stereocenters. The number of nitrogens with one attached hydrogen (secondary N) is 2. The molecule has 8 nitrogen and oxygen atoms in total. The fraction of sp³-hybridized carbons (Fsp3) is 0.370. The first kappa shape index (κ1) is 23.1. The Kier molecular flexibility index (Phi) is 6.55. The van der Waals surface area contributed by atoms with Gasteiger partial charge < -0.3 is 25.2 Å². The molecule has 2 amide bonds. The minimum atomic E-state index is -0.868. The highest BCUT2D eigenvalue weighted by Crippen LogP contribution is 2.44. The van der Waals surface area contributed by atoms with Crippen LogP contribution < -0.4 is 10.6 Å². The minimum absolute atomic E-state index is 0.0488. The van der Waals surface area contributed by atoms with Crippen LogP contribution in [0.5, 0.6) is 0 Å². The lowest BCUT2D eigenvalue weighted by Crippen LogP contribution is -2.49. The van der Waals surface area contributed by atoms with Crippen molar-refractivity contribution in [3.05, 3.63) is 71.8 Å². The van der Waals surface area contributed by atoms with Crippen molar-refractivity contribution >= 4 is 18.0 Å². The molecule has 1 fully saturated rings. The first-order valence-electron chi connectivity index (χ1n) is 11.9. The second kappa shape index (κ2) is 9.92. The molecule has 2 aromatic rings. The van der Waals surface area contributed by atoms with E-state index in [4.69, 9.17) is 9.47 Å². The topological polar surface area (TPSA) is 114 Å². The molecule has 8 heteroatoms. The Labute approximate surface area is 203 Å². The van der Waals surface area contributed by atoms with Gasteiger partial charge in [-0.2, -0.15) is 0 Å². The molecule has 3 N–H and O–H groups in total. The van der Waals surface area contributed by atoms with Crippen LogP contribution in [0.3, 0.4) is 0 Å². The second-order valence-electron chi connectivity index (χ2n) is 9.27. The number of hydrogen-bond acceptors (Lipinski definition) is 5. The van der Waals surface area contributed by atoms with E-state index in [2.05, 4.69) is 34.9 Å². The number of aliphatic carboxylic acids is 1. The van der Waals surface area contributed by atoms with Gasteiger partial charge in [-0.1, -0.05) is 60.7 Å². The van der Waals surface area contributed by atoms with Crippen LogP contribution in [-0.4, -0.2) is 55.0 Å². The van der Waals surface area contributed by atoms with Gasteiger partial charge in [-0.05, 0) is 35.1 Å². The van der Waals surface area contributed by atoms with E-state index in [1.54, 1.807) is 6.08 Å². The van der Waals surface area contributed by atoms with Crippen molar-refractivity contribution in [3.8, 4) is 11.1 Å². The van der Waals surface area contributed by atoms with Gasteiger partial charge in [0.15, 0.2) is 0 Å². The van der Waals surface area contributed by atoms with Crippen LogP contribution in [0, 0.1) is 11.8 Å². The first-order valence-corrected chi connectivity index (χ1v) is 11.9. The van der Waals surface area contributed by atoms with Gasteiger partial charge >= 0.3 is 12.1 Å². The van der Waals surface area contributed by atoms with Crippen molar-refractivity contribution in [1.29, 1.82) is 0 Å². The third-order valence-corrected chi connectivity index (χ3v) is 7.07. The predicted molar refractivity (Wildman–Crippen MR) is 128 cm³/mol. The summed E-state index contributed by atoms with van der Waals surface area (Å²) in [4.78, 5) is 36.8. The number of carboxylic acid groups (broad SMARTS) is 1. The molecule has 1 heterocycles. The third-order valence-electron chi connectivity index (χ3n) is 7.07. The highest BCUT2D eigenvalue weighted by Gasteiger charge is 2.37. The Bertz CT molecular complexity index is 1120. The van der Waals surface area contributed by atoms with E-state index in [1.165, 1.54) is 0 Å². The van der Waals surface area contributed by atoms with E-state index >= 15 is 0 Å². The molecule has 1 aliphatic heterocycles. The molecule has 0 aromatic heterocycles. The first-order chi connectivity index (χ1) is 17.0. The van der Waals surface area contributed by atoms with Crippen LogP contribution in [0.1, 0.15) is 29.9 Å². The minimum Gasteiger partial charge on any atom is -0.481 e. The molecule has 182 valence electrons. The SMILES string of the molecule is O=C(NC1COCC1C(=O)N[C@@H]1C=CC[C@@H](C(=O)O)C1)OCC1c2ccccc2-c2ccccc21. The molecule has 2 aliphatic carbocycles. The van der Waals surface area contributed by atoms with Crippen molar-refractivity contribution < 1.29 is 29.0 Å². The van der Waals surface area contributed by atoms with Crippen molar-refractivity contribution in [2.45, 2.75) is 30.8 Å². The molecule has 2 unspecified atom stereocenters. The summed E-state index contributed by atoms with van der Waals surface area (Å²) in [6.07, 6.45) is 3.81. The summed E-state index contributed by atoms with van der Waals surface area (Å²) in [5, 5.41) is 14.9. The highest BCUT2D eigenvalue weighted by molar-refractivity contribution is 5.82. The Balaban J connectivity index is 1.17. The average molecular weight is 477 g/mol. The van der Waals surface area contributed by atoms with E-state index in [0.29, 0.717) is 12.8 Å². The fourth-order valence-electron chi connectivity index (χ4n) is 5.23.